The fourth-order valence-electron chi connectivity index (χ4n) is 9.13. The maximum absolute atomic E-state index is 11.1. The van der Waals surface area contributed by atoms with E-state index in [2.05, 4.69) is 25.0 Å². The van der Waals surface area contributed by atoms with Gasteiger partial charge in [-0.1, -0.05) is 13.8 Å². The van der Waals surface area contributed by atoms with Crippen molar-refractivity contribution >= 4 is 0 Å². The third-order valence-corrected chi connectivity index (χ3v) is 10.7. The molecule has 0 amide bonds. The molecule has 1 aromatic heterocycles. The number of nitriles is 1. The quantitative estimate of drug-likeness (QED) is 0.708. The summed E-state index contributed by atoms with van der Waals surface area (Å²) in [7, 11) is 0. The van der Waals surface area contributed by atoms with Crippen LogP contribution in [-0.2, 0) is 6.54 Å². The normalized spacial score (nSPS) is 45.2. The van der Waals surface area contributed by atoms with Crippen molar-refractivity contribution in [2.75, 3.05) is 0 Å². The molecule has 0 saturated heterocycles. The summed E-state index contributed by atoms with van der Waals surface area (Å²) in [4.78, 5) is 0. The molecule has 2 N–H and O–H groups in total. The van der Waals surface area contributed by atoms with Crippen LogP contribution in [0.5, 0.6) is 0 Å². The second kappa shape index (κ2) is 8.13. The van der Waals surface area contributed by atoms with E-state index >= 15 is 0 Å². The number of hydrogen-bond donors (Lipinski definition) is 2. The van der Waals surface area contributed by atoms with Crippen LogP contribution in [0.3, 0.4) is 0 Å². The summed E-state index contributed by atoms with van der Waals surface area (Å²) in [5.74, 6) is 4.84. The SMILES string of the molecule is C[C@@H]([C@H](O)Cn1cc(C#N)cn1)[C@H]1CC[C@H]2[C@@H]3CC[C@@H]4C[C@](C)(O)CC[C@@H]4[C@H]3CC[C@]12C. The lowest BCUT2D eigenvalue weighted by Crippen LogP contribution is -2.51. The Hall–Kier alpha value is -1.38. The van der Waals surface area contributed by atoms with E-state index < -0.39 is 11.7 Å². The molecule has 32 heavy (non-hydrogen) atoms. The molecule has 10 atom stereocenters. The molecule has 4 aliphatic rings. The number of aromatic nitrogens is 2. The van der Waals surface area contributed by atoms with Gasteiger partial charge in [-0.25, -0.2) is 0 Å². The van der Waals surface area contributed by atoms with Crippen molar-refractivity contribution in [1.29, 1.82) is 5.26 Å². The summed E-state index contributed by atoms with van der Waals surface area (Å²) in [5, 5.41) is 35.0. The lowest BCUT2D eigenvalue weighted by Gasteiger charge is -2.57. The first-order chi connectivity index (χ1) is 15.2. The zero-order chi connectivity index (χ0) is 22.7. The van der Waals surface area contributed by atoms with Crippen LogP contribution in [0.15, 0.2) is 12.4 Å². The van der Waals surface area contributed by atoms with Crippen LogP contribution in [0.2, 0.25) is 0 Å². The molecule has 5 heteroatoms. The molecule has 0 spiro atoms. The molecule has 4 saturated carbocycles. The number of hydrogen-bond acceptors (Lipinski definition) is 4. The van der Waals surface area contributed by atoms with Gasteiger partial charge in [0.1, 0.15) is 6.07 Å². The van der Waals surface area contributed by atoms with Gasteiger partial charge >= 0.3 is 0 Å². The molecular formula is C27H41N3O2. The van der Waals surface area contributed by atoms with E-state index in [0.29, 0.717) is 23.4 Å². The molecule has 1 aromatic rings. The number of aliphatic hydroxyl groups is 2. The van der Waals surface area contributed by atoms with Gasteiger partial charge < -0.3 is 10.2 Å². The van der Waals surface area contributed by atoms with Gasteiger partial charge in [0, 0.05) is 6.20 Å². The van der Waals surface area contributed by atoms with Crippen LogP contribution in [0.1, 0.15) is 84.1 Å². The van der Waals surface area contributed by atoms with Crippen molar-refractivity contribution in [3.05, 3.63) is 18.0 Å². The molecule has 4 aliphatic carbocycles. The van der Waals surface area contributed by atoms with E-state index in [4.69, 9.17) is 5.26 Å². The van der Waals surface area contributed by atoms with Crippen LogP contribution in [-0.4, -0.2) is 31.7 Å². The van der Waals surface area contributed by atoms with Gasteiger partial charge in [-0.2, -0.15) is 10.4 Å². The third kappa shape index (κ3) is 3.72. The first-order valence-corrected chi connectivity index (χ1v) is 13.0. The highest BCUT2D eigenvalue weighted by Gasteiger charge is 2.58. The molecule has 1 heterocycles. The average Bonchev–Trinajstić information content (AvgIpc) is 3.35. The van der Waals surface area contributed by atoms with Crippen LogP contribution in [0.4, 0.5) is 0 Å². The standard InChI is InChI=1S/C27H41N3O2/c1-17(25(31)16-30-15-18(13-28)14-29-30)23-6-7-24-22-5-4-19-12-26(2,32)10-8-20(19)21(22)9-11-27(23,24)3/h14-15,17,19-25,31-32H,4-12,16H2,1-3H3/t17-,19-,20+,21-,22-,23-,24+,25-,26-,27-/m1/s1. The molecule has 4 fully saturated rings. The minimum atomic E-state index is -0.441. The van der Waals surface area contributed by atoms with Crippen LogP contribution in [0.25, 0.3) is 0 Å². The largest absolute Gasteiger partial charge is 0.391 e. The van der Waals surface area contributed by atoms with Crippen molar-refractivity contribution in [3.63, 3.8) is 0 Å². The van der Waals surface area contributed by atoms with Crippen molar-refractivity contribution < 1.29 is 10.2 Å². The Morgan fingerprint density at radius 3 is 2.66 bits per heavy atom. The van der Waals surface area contributed by atoms with Crippen molar-refractivity contribution in [2.24, 2.45) is 46.8 Å². The Morgan fingerprint density at radius 1 is 1.12 bits per heavy atom. The molecular weight excluding hydrogens is 398 g/mol. The highest BCUT2D eigenvalue weighted by molar-refractivity contribution is 5.21. The monoisotopic (exact) mass is 439 g/mol. The lowest BCUT2D eigenvalue weighted by atomic mass is 9.48. The summed E-state index contributed by atoms with van der Waals surface area (Å²) < 4.78 is 1.73. The summed E-state index contributed by atoms with van der Waals surface area (Å²) >= 11 is 0. The van der Waals surface area contributed by atoms with E-state index in [1.807, 2.05) is 6.92 Å². The molecule has 0 aliphatic heterocycles. The number of nitrogens with zero attached hydrogens (tertiary/aromatic N) is 3. The molecule has 0 bridgehead atoms. The van der Waals surface area contributed by atoms with Gasteiger partial charge in [0.25, 0.3) is 0 Å². The summed E-state index contributed by atoms with van der Waals surface area (Å²) in [5.41, 5.74) is 0.441. The van der Waals surface area contributed by atoms with E-state index in [0.717, 1.165) is 42.4 Å². The molecule has 176 valence electrons. The number of aliphatic hydroxyl groups excluding tert-OH is 1. The van der Waals surface area contributed by atoms with E-state index in [1.165, 1.54) is 44.9 Å². The second-order valence-electron chi connectivity index (χ2n) is 12.4. The molecule has 5 rings (SSSR count). The summed E-state index contributed by atoms with van der Waals surface area (Å²) in [6.07, 6.45) is 13.9. The maximum atomic E-state index is 11.1. The smallest absolute Gasteiger partial charge is 0.102 e. The maximum Gasteiger partial charge on any atom is 0.102 e. The summed E-state index contributed by atoms with van der Waals surface area (Å²) in [6.45, 7) is 7.29. The van der Waals surface area contributed by atoms with E-state index in [9.17, 15) is 10.2 Å². The number of fused-ring (bicyclic) bond motifs is 5. The van der Waals surface area contributed by atoms with Gasteiger partial charge in [0.15, 0.2) is 0 Å². The van der Waals surface area contributed by atoms with E-state index in [-0.39, 0.29) is 5.92 Å². The topological polar surface area (TPSA) is 82.1 Å². The van der Waals surface area contributed by atoms with Gasteiger partial charge in [-0.15, -0.1) is 0 Å². The van der Waals surface area contributed by atoms with Crippen LogP contribution < -0.4 is 0 Å². The minimum absolute atomic E-state index is 0.234. The average molecular weight is 440 g/mol. The molecule has 0 radical (unpaired) electrons. The van der Waals surface area contributed by atoms with Gasteiger partial charge in [0.05, 0.1) is 30.0 Å². The van der Waals surface area contributed by atoms with Crippen molar-refractivity contribution in [1.82, 2.24) is 9.78 Å². The second-order valence-corrected chi connectivity index (χ2v) is 12.4. The van der Waals surface area contributed by atoms with Crippen LogP contribution >= 0.6 is 0 Å². The third-order valence-electron chi connectivity index (χ3n) is 10.7. The van der Waals surface area contributed by atoms with Gasteiger partial charge in [-0.3, -0.25) is 4.68 Å². The van der Waals surface area contributed by atoms with Crippen molar-refractivity contribution in [3.8, 4) is 6.07 Å². The van der Waals surface area contributed by atoms with Crippen molar-refractivity contribution in [2.45, 2.75) is 96.8 Å². The zero-order valence-corrected chi connectivity index (χ0v) is 20.1. The first kappa shape index (κ1) is 22.4. The predicted octanol–water partition coefficient (Wildman–Crippen LogP) is 4.77. The zero-order valence-electron chi connectivity index (χ0n) is 20.1. The highest BCUT2D eigenvalue weighted by atomic mass is 16.3. The van der Waals surface area contributed by atoms with Gasteiger partial charge in [-0.05, 0) is 112 Å². The van der Waals surface area contributed by atoms with Crippen LogP contribution in [0, 0.1) is 58.2 Å². The Kier molecular flexibility index (Phi) is 5.70. The summed E-state index contributed by atoms with van der Waals surface area (Å²) in [6, 6.07) is 2.12. The fourth-order valence-corrected chi connectivity index (χ4v) is 9.13. The van der Waals surface area contributed by atoms with Gasteiger partial charge in [0.2, 0.25) is 0 Å². The molecule has 0 unspecified atom stereocenters. The first-order valence-electron chi connectivity index (χ1n) is 13.0. The lowest BCUT2D eigenvalue weighted by molar-refractivity contribution is -0.106. The molecule has 5 nitrogen and oxygen atoms in total. The molecule has 0 aromatic carbocycles. The number of rotatable bonds is 4. The Labute approximate surface area is 193 Å². The Bertz CT molecular complexity index is 872. The fraction of sp³-hybridized carbons (Fsp3) is 0.852. The predicted molar refractivity (Wildman–Crippen MR) is 123 cm³/mol. The minimum Gasteiger partial charge on any atom is -0.391 e. The highest BCUT2D eigenvalue weighted by Crippen LogP contribution is 2.65. The Balaban J connectivity index is 1.28. The Morgan fingerprint density at radius 2 is 1.91 bits per heavy atom. The van der Waals surface area contributed by atoms with E-state index in [1.54, 1.807) is 17.1 Å².